The average Bonchev–Trinajstić information content (AvgIpc) is 2.41. The van der Waals surface area contributed by atoms with Crippen LogP contribution in [0.5, 0.6) is 0 Å². The summed E-state index contributed by atoms with van der Waals surface area (Å²) in [4.78, 5) is 8.49. The van der Waals surface area contributed by atoms with Crippen molar-refractivity contribution in [3.63, 3.8) is 0 Å². The van der Waals surface area contributed by atoms with Gasteiger partial charge in [0.2, 0.25) is 0 Å². The van der Waals surface area contributed by atoms with Crippen molar-refractivity contribution in [1.82, 2.24) is 4.98 Å². The van der Waals surface area contributed by atoms with Gasteiger partial charge in [0.1, 0.15) is 11.5 Å². The molecule has 0 spiro atoms. The van der Waals surface area contributed by atoms with Crippen LogP contribution in [0.15, 0.2) is 17.1 Å². The molecule has 0 aliphatic heterocycles. The summed E-state index contributed by atoms with van der Waals surface area (Å²) in [7, 11) is 1.85. The van der Waals surface area contributed by atoms with Crippen LogP contribution in [0, 0.1) is 5.92 Å². The number of hydrogen-bond acceptors (Lipinski definition) is 4. The molecule has 0 amide bonds. The van der Waals surface area contributed by atoms with E-state index >= 15 is 0 Å². The zero-order valence-corrected chi connectivity index (χ0v) is 11.9. The highest BCUT2D eigenvalue weighted by Gasteiger charge is 2.21. The van der Waals surface area contributed by atoms with Gasteiger partial charge in [0, 0.05) is 13.1 Å². The van der Waals surface area contributed by atoms with Crippen molar-refractivity contribution in [3.05, 3.63) is 12.1 Å². The molecule has 1 saturated carbocycles. The van der Waals surface area contributed by atoms with Crippen molar-refractivity contribution < 1.29 is 0 Å². The van der Waals surface area contributed by atoms with E-state index < -0.39 is 0 Å². The third-order valence-corrected chi connectivity index (χ3v) is 3.97. The SMILES string of the molecule is C=Nc1ccc(NC(CC)CC2CCC2)nc1NC. The predicted octanol–water partition coefficient (Wildman–Crippen LogP) is 3.84. The van der Waals surface area contributed by atoms with Crippen LogP contribution in [0.25, 0.3) is 0 Å². The van der Waals surface area contributed by atoms with Gasteiger partial charge in [-0.05, 0) is 37.6 Å². The average molecular weight is 260 g/mol. The van der Waals surface area contributed by atoms with Gasteiger partial charge in [-0.25, -0.2) is 4.98 Å². The fourth-order valence-corrected chi connectivity index (χ4v) is 2.51. The van der Waals surface area contributed by atoms with E-state index in [4.69, 9.17) is 0 Å². The number of anilines is 2. The Morgan fingerprint density at radius 1 is 1.47 bits per heavy atom. The second kappa shape index (κ2) is 6.55. The number of nitrogens with zero attached hydrogens (tertiary/aromatic N) is 2. The quantitative estimate of drug-likeness (QED) is 0.732. The van der Waals surface area contributed by atoms with Crippen LogP contribution in [0.2, 0.25) is 0 Å². The summed E-state index contributed by atoms with van der Waals surface area (Å²) in [6.45, 7) is 5.79. The Morgan fingerprint density at radius 3 is 2.79 bits per heavy atom. The van der Waals surface area contributed by atoms with Crippen molar-refractivity contribution in [2.24, 2.45) is 10.9 Å². The first-order valence-corrected chi connectivity index (χ1v) is 7.18. The van der Waals surface area contributed by atoms with E-state index in [2.05, 4.69) is 34.3 Å². The smallest absolute Gasteiger partial charge is 0.154 e. The lowest BCUT2D eigenvalue weighted by molar-refractivity contribution is 0.279. The van der Waals surface area contributed by atoms with Crippen molar-refractivity contribution in [1.29, 1.82) is 0 Å². The van der Waals surface area contributed by atoms with Gasteiger partial charge in [-0.1, -0.05) is 26.2 Å². The van der Waals surface area contributed by atoms with Crippen LogP contribution in [0.1, 0.15) is 39.0 Å². The molecule has 0 radical (unpaired) electrons. The van der Waals surface area contributed by atoms with Gasteiger partial charge in [0.05, 0.1) is 0 Å². The lowest BCUT2D eigenvalue weighted by atomic mass is 9.80. The fourth-order valence-electron chi connectivity index (χ4n) is 2.51. The number of pyridine rings is 1. The lowest BCUT2D eigenvalue weighted by Gasteiger charge is -2.30. The van der Waals surface area contributed by atoms with E-state index in [1.807, 2.05) is 19.2 Å². The normalized spacial score (nSPS) is 16.5. The Hall–Kier alpha value is -1.58. The summed E-state index contributed by atoms with van der Waals surface area (Å²) >= 11 is 0. The molecule has 1 fully saturated rings. The highest BCUT2D eigenvalue weighted by atomic mass is 15.1. The van der Waals surface area contributed by atoms with Gasteiger partial charge < -0.3 is 10.6 Å². The Balaban J connectivity index is 2.01. The van der Waals surface area contributed by atoms with Gasteiger partial charge in [0.15, 0.2) is 5.82 Å². The van der Waals surface area contributed by atoms with Crippen molar-refractivity contribution in [3.8, 4) is 0 Å². The molecule has 1 atom stereocenters. The molecule has 0 saturated heterocycles. The summed E-state index contributed by atoms with van der Waals surface area (Å²) in [5.41, 5.74) is 0.792. The number of hydrogen-bond donors (Lipinski definition) is 2. The van der Waals surface area contributed by atoms with Crippen molar-refractivity contribution in [2.75, 3.05) is 17.7 Å². The summed E-state index contributed by atoms with van der Waals surface area (Å²) in [6.07, 6.45) is 6.59. The molecule has 1 aromatic rings. The number of aromatic nitrogens is 1. The minimum Gasteiger partial charge on any atom is -0.371 e. The lowest BCUT2D eigenvalue weighted by Crippen LogP contribution is -2.25. The van der Waals surface area contributed by atoms with Crippen LogP contribution in [-0.2, 0) is 0 Å². The molecule has 4 heteroatoms. The van der Waals surface area contributed by atoms with E-state index in [-0.39, 0.29) is 0 Å². The Labute approximate surface area is 115 Å². The molecule has 104 valence electrons. The Kier molecular flexibility index (Phi) is 4.77. The van der Waals surface area contributed by atoms with E-state index in [1.54, 1.807) is 0 Å². The summed E-state index contributed by atoms with van der Waals surface area (Å²) < 4.78 is 0. The highest BCUT2D eigenvalue weighted by Crippen LogP contribution is 2.32. The topological polar surface area (TPSA) is 49.3 Å². The van der Waals surface area contributed by atoms with Crippen molar-refractivity contribution >= 4 is 24.0 Å². The summed E-state index contributed by atoms with van der Waals surface area (Å²) in [5.74, 6) is 2.61. The third-order valence-electron chi connectivity index (χ3n) is 3.97. The van der Waals surface area contributed by atoms with Crippen LogP contribution in [0.3, 0.4) is 0 Å². The molecular weight excluding hydrogens is 236 g/mol. The van der Waals surface area contributed by atoms with Gasteiger partial charge >= 0.3 is 0 Å². The zero-order chi connectivity index (χ0) is 13.7. The second-order valence-electron chi connectivity index (χ2n) is 5.25. The number of rotatable bonds is 7. The Morgan fingerprint density at radius 2 is 2.26 bits per heavy atom. The van der Waals surface area contributed by atoms with Gasteiger partial charge in [0.25, 0.3) is 0 Å². The van der Waals surface area contributed by atoms with Gasteiger partial charge in [-0.15, -0.1) is 0 Å². The molecule has 2 rings (SSSR count). The predicted molar refractivity (Wildman–Crippen MR) is 82.7 cm³/mol. The van der Waals surface area contributed by atoms with Crippen molar-refractivity contribution in [2.45, 2.75) is 45.1 Å². The molecular formula is C15H24N4. The molecule has 1 aliphatic carbocycles. The largest absolute Gasteiger partial charge is 0.371 e. The Bertz CT molecular complexity index is 426. The van der Waals surface area contributed by atoms with Crippen LogP contribution < -0.4 is 10.6 Å². The van der Waals surface area contributed by atoms with Crippen LogP contribution >= 0.6 is 0 Å². The molecule has 1 heterocycles. The maximum Gasteiger partial charge on any atom is 0.154 e. The summed E-state index contributed by atoms with van der Waals surface area (Å²) in [6, 6.07) is 4.45. The van der Waals surface area contributed by atoms with E-state index in [1.165, 1.54) is 25.7 Å². The molecule has 0 bridgehead atoms. The molecule has 4 nitrogen and oxygen atoms in total. The van der Waals surface area contributed by atoms with E-state index in [9.17, 15) is 0 Å². The van der Waals surface area contributed by atoms with Gasteiger partial charge in [-0.2, -0.15) is 0 Å². The first-order chi connectivity index (χ1) is 9.26. The van der Waals surface area contributed by atoms with E-state index in [0.29, 0.717) is 6.04 Å². The molecule has 1 aliphatic rings. The number of nitrogens with one attached hydrogen (secondary N) is 2. The zero-order valence-electron chi connectivity index (χ0n) is 11.9. The maximum atomic E-state index is 4.54. The first-order valence-electron chi connectivity index (χ1n) is 7.18. The molecule has 1 unspecified atom stereocenters. The fraction of sp³-hybridized carbons (Fsp3) is 0.600. The minimum atomic E-state index is 0.519. The standard InChI is InChI=1S/C15H24N4/c1-4-12(10-11-6-5-7-11)18-14-9-8-13(16-2)15(17-3)19-14/h8-9,11-12H,2,4-7,10H2,1,3H3,(H2,17,18,19). The molecule has 19 heavy (non-hydrogen) atoms. The summed E-state index contributed by atoms with van der Waals surface area (Å²) in [5, 5.41) is 6.60. The molecule has 2 N–H and O–H groups in total. The number of aliphatic imine (C=N–C) groups is 1. The minimum absolute atomic E-state index is 0.519. The third kappa shape index (κ3) is 3.46. The highest BCUT2D eigenvalue weighted by molar-refractivity contribution is 5.66. The van der Waals surface area contributed by atoms with Crippen LogP contribution in [0.4, 0.5) is 17.3 Å². The maximum absolute atomic E-state index is 4.54. The molecule has 1 aromatic heterocycles. The van der Waals surface area contributed by atoms with Gasteiger partial charge in [-0.3, -0.25) is 4.99 Å². The first kappa shape index (κ1) is 13.8. The second-order valence-corrected chi connectivity index (χ2v) is 5.25. The monoisotopic (exact) mass is 260 g/mol. The molecule has 0 aromatic carbocycles. The van der Waals surface area contributed by atoms with Crippen LogP contribution in [-0.4, -0.2) is 24.8 Å². The van der Waals surface area contributed by atoms with E-state index in [0.717, 1.165) is 29.7 Å².